The molecule has 3 aliphatic carbocycles. The molecular weight excluding hydrogens is 542 g/mol. The van der Waals surface area contributed by atoms with Crippen molar-refractivity contribution >= 4 is 29.0 Å². The lowest BCUT2D eigenvalue weighted by atomic mass is 9.45. The van der Waals surface area contributed by atoms with Crippen molar-refractivity contribution in [1.82, 2.24) is 4.90 Å². The maximum atomic E-state index is 14.8. The van der Waals surface area contributed by atoms with E-state index in [1.54, 1.807) is 12.1 Å². The van der Waals surface area contributed by atoms with Crippen LogP contribution in [0.15, 0.2) is 94.9 Å². The molecule has 0 spiro atoms. The lowest BCUT2D eigenvalue weighted by Gasteiger charge is -2.54. The molecule has 7 nitrogen and oxygen atoms in total. The van der Waals surface area contributed by atoms with E-state index in [2.05, 4.69) is 0 Å². The highest BCUT2D eigenvalue weighted by atomic mass is 16.4. The van der Waals surface area contributed by atoms with Gasteiger partial charge in [0.25, 0.3) is 0 Å². The lowest BCUT2D eigenvalue weighted by molar-refractivity contribution is -0.140. The van der Waals surface area contributed by atoms with E-state index < -0.39 is 35.0 Å². The molecule has 2 fully saturated rings. The number of nitrogens with zero attached hydrogens (tertiary/aromatic N) is 1. The number of fused-ring (bicyclic) bond motifs is 4. The molecule has 6 atom stereocenters. The highest BCUT2D eigenvalue weighted by molar-refractivity contribution is 6.31. The van der Waals surface area contributed by atoms with Gasteiger partial charge in [-0.2, -0.15) is 0 Å². The number of furan rings is 1. The lowest BCUT2D eigenvalue weighted by Crippen LogP contribution is -2.58. The number of hydrogen-bond donors (Lipinski definition) is 1. The Morgan fingerprint density at radius 1 is 0.907 bits per heavy atom. The molecule has 43 heavy (non-hydrogen) atoms. The van der Waals surface area contributed by atoms with E-state index in [-0.39, 0.29) is 36.4 Å². The Kier molecular flexibility index (Phi) is 6.66. The first-order valence-electron chi connectivity index (χ1n) is 15.1. The van der Waals surface area contributed by atoms with Gasteiger partial charge in [-0.25, -0.2) is 0 Å². The number of hydrogen-bond acceptors (Lipinski definition) is 6. The minimum atomic E-state index is -1.33. The number of carbonyl (C=O) groups is 4. The fourth-order valence-corrected chi connectivity index (χ4v) is 8.33. The Bertz CT molecular complexity index is 1680. The Morgan fingerprint density at radius 3 is 2.30 bits per heavy atom. The van der Waals surface area contributed by atoms with Crippen LogP contribution in [-0.4, -0.2) is 39.9 Å². The highest BCUT2D eigenvalue weighted by Crippen LogP contribution is 2.63. The van der Waals surface area contributed by atoms with Crippen molar-refractivity contribution in [2.24, 2.45) is 23.7 Å². The van der Waals surface area contributed by atoms with Gasteiger partial charge in [0.2, 0.25) is 11.8 Å². The second kappa shape index (κ2) is 10.4. The van der Waals surface area contributed by atoms with Gasteiger partial charge in [0, 0.05) is 18.0 Å². The summed E-state index contributed by atoms with van der Waals surface area (Å²) < 4.78 is 6.19. The van der Waals surface area contributed by atoms with E-state index in [0.717, 1.165) is 5.57 Å². The predicted octanol–water partition coefficient (Wildman–Crippen LogP) is 5.01. The van der Waals surface area contributed by atoms with Gasteiger partial charge in [-0.15, -0.1) is 0 Å². The first kappa shape index (κ1) is 27.5. The van der Waals surface area contributed by atoms with Crippen LogP contribution in [0, 0.1) is 23.7 Å². The average molecular weight is 576 g/mol. The quantitative estimate of drug-likeness (QED) is 0.328. The number of carbonyl (C=O) groups excluding carboxylic acids is 4. The summed E-state index contributed by atoms with van der Waals surface area (Å²) in [6.07, 6.45) is 4.82. The Hall–Kier alpha value is -4.36. The fourth-order valence-electron chi connectivity index (χ4n) is 8.33. The molecule has 0 bridgehead atoms. The summed E-state index contributed by atoms with van der Waals surface area (Å²) in [5.41, 5.74) is 1.26. The van der Waals surface area contributed by atoms with Gasteiger partial charge < -0.3 is 9.52 Å². The number of ketones is 2. The minimum absolute atomic E-state index is 0.153. The van der Waals surface area contributed by atoms with Crippen LogP contribution in [0.25, 0.3) is 5.57 Å². The number of allylic oxidation sites excluding steroid dienone is 4. The molecule has 1 aromatic heterocycles. The van der Waals surface area contributed by atoms with E-state index in [9.17, 15) is 24.3 Å². The maximum Gasteiger partial charge on any atom is 0.233 e. The number of aliphatic hydroxyl groups is 1. The third kappa shape index (κ3) is 3.91. The van der Waals surface area contributed by atoms with Crippen LogP contribution >= 0.6 is 0 Å². The maximum absolute atomic E-state index is 14.8. The zero-order valence-corrected chi connectivity index (χ0v) is 23.9. The van der Waals surface area contributed by atoms with Crippen LogP contribution in [0.2, 0.25) is 0 Å². The largest absolute Gasteiger partial charge is 0.463 e. The van der Waals surface area contributed by atoms with Gasteiger partial charge in [-0.05, 0) is 54.5 Å². The average Bonchev–Trinajstić information content (AvgIpc) is 3.61. The first-order chi connectivity index (χ1) is 20.9. The first-order valence-corrected chi connectivity index (χ1v) is 15.1. The molecule has 3 aromatic rings. The van der Waals surface area contributed by atoms with Crippen molar-refractivity contribution in [3.05, 3.63) is 113 Å². The molecule has 2 heterocycles. The third-order valence-electron chi connectivity index (χ3n) is 10.0. The van der Waals surface area contributed by atoms with Gasteiger partial charge in [-0.1, -0.05) is 79.2 Å². The SMILES string of the molecule is CCCN1C(=O)C2CC=C3C(CC4C(=O)C(c5ccccc5)=CC(=O)C4(c4ccccc4)C3c3ccc(CO)o3)C2C1=O. The molecule has 4 aliphatic rings. The van der Waals surface area contributed by atoms with E-state index in [1.807, 2.05) is 73.7 Å². The zero-order chi connectivity index (χ0) is 29.9. The van der Waals surface area contributed by atoms with Gasteiger partial charge in [0.05, 0.1) is 23.2 Å². The van der Waals surface area contributed by atoms with E-state index in [0.29, 0.717) is 47.6 Å². The Balaban J connectivity index is 1.48. The number of aliphatic hydroxyl groups excluding tert-OH is 1. The summed E-state index contributed by atoms with van der Waals surface area (Å²) in [7, 11) is 0. The monoisotopic (exact) mass is 575 g/mol. The molecule has 1 N–H and O–H groups in total. The van der Waals surface area contributed by atoms with Gasteiger partial charge >= 0.3 is 0 Å². The molecule has 2 amide bonds. The molecule has 1 aliphatic heterocycles. The minimum Gasteiger partial charge on any atom is -0.463 e. The molecule has 1 saturated heterocycles. The summed E-state index contributed by atoms with van der Waals surface area (Å²) in [6, 6.07) is 22.1. The van der Waals surface area contributed by atoms with Crippen molar-refractivity contribution in [2.45, 2.75) is 44.1 Å². The van der Waals surface area contributed by atoms with Gasteiger partial charge in [0.15, 0.2) is 11.6 Å². The Labute approximate surface area is 249 Å². The molecule has 218 valence electrons. The van der Waals surface area contributed by atoms with Crippen LogP contribution in [0.4, 0.5) is 0 Å². The van der Waals surface area contributed by atoms with Crippen molar-refractivity contribution in [3.63, 3.8) is 0 Å². The van der Waals surface area contributed by atoms with Crippen molar-refractivity contribution in [2.75, 3.05) is 6.54 Å². The molecule has 2 aromatic carbocycles. The van der Waals surface area contributed by atoms with Crippen LogP contribution in [0.3, 0.4) is 0 Å². The van der Waals surface area contributed by atoms with Crippen molar-refractivity contribution in [3.8, 4) is 0 Å². The third-order valence-corrected chi connectivity index (χ3v) is 10.0. The van der Waals surface area contributed by atoms with E-state index in [1.165, 1.54) is 11.0 Å². The summed E-state index contributed by atoms with van der Waals surface area (Å²) in [6.45, 7) is 1.99. The molecule has 1 saturated carbocycles. The smallest absolute Gasteiger partial charge is 0.233 e. The van der Waals surface area contributed by atoms with Crippen LogP contribution in [0.5, 0.6) is 0 Å². The standard InChI is InChI=1S/C36H33NO6/c1-2-17-37-34(41)25-15-14-24-27(31(25)35(37)42)18-28-33(40)26(21-9-5-3-6-10-21)19-30(39)36(28,22-11-7-4-8-12-22)32(24)29-16-13-23(20-38)43-29/h3-14,16,19,25,27-28,31-32,38H,2,15,17-18,20H2,1H3. The van der Waals surface area contributed by atoms with Crippen LogP contribution < -0.4 is 0 Å². The van der Waals surface area contributed by atoms with Gasteiger partial charge in [-0.3, -0.25) is 24.1 Å². The van der Waals surface area contributed by atoms with Crippen molar-refractivity contribution in [1.29, 1.82) is 0 Å². The fraction of sp³-hybridized carbons (Fsp3) is 0.333. The number of likely N-dealkylation sites (tertiary alicyclic amines) is 1. The highest BCUT2D eigenvalue weighted by Gasteiger charge is 2.66. The van der Waals surface area contributed by atoms with E-state index >= 15 is 0 Å². The number of rotatable bonds is 6. The molecule has 6 unspecified atom stereocenters. The second-order valence-corrected chi connectivity index (χ2v) is 12.1. The predicted molar refractivity (Wildman–Crippen MR) is 158 cm³/mol. The van der Waals surface area contributed by atoms with E-state index in [4.69, 9.17) is 4.42 Å². The van der Waals surface area contributed by atoms with Crippen LogP contribution in [0.1, 0.15) is 54.8 Å². The molecule has 7 rings (SSSR count). The summed E-state index contributed by atoms with van der Waals surface area (Å²) in [4.78, 5) is 58.3. The number of amides is 2. The summed E-state index contributed by atoms with van der Waals surface area (Å²) in [5, 5.41) is 9.89. The van der Waals surface area contributed by atoms with Crippen LogP contribution in [-0.2, 0) is 31.2 Å². The number of imide groups is 1. The van der Waals surface area contributed by atoms with Crippen molar-refractivity contribution < 1.29 is 28.7 Å². The normalized spacial score (nSPS) is 30.0. The summed E-state index contributed by atoms with van der Waals surface area (Å²) >= 11 is 0. The van der Waals surface area contributed by atoms with Gasteiger partial charge in [0.1, 0.15) is 18.1 Å². The summed E-state index contributed by atoms with van der Waals surface area (Å²) in [5.74, 6) is -2.89. The topological polar surface area (TPSA) is 105 Å². The second-order valence-electron chi connectivity index (χ2n) is 12.1. The molecule has 0 radical (unpaired) electrons. The Morgan fingerprint density at radius 2 is 1.63 bits per heavy atom. The molecule has 7 heteroatoms. The number of benzene rings is 2. The zero-order valence-electron chi connectivity index (χ0n) is 23.9. The number of Topliss-reactive ketones (excluding diaryl/α,β-unsaturated/α-hetero) is 1. The molecular formula is C36H33NO6.